The highest BCUT2D eigenvalue weighted by atomic mass is 16.3. The Morgan fingerprint density at radius 1 is 0.720 bits per heavy atom. The smallest absolute Gasteiger partial charge is 0.115 e. The predicted octanol–water partition coefficient (Wildman–Crippen LogP) is 6.26. The Bertz CT molecular complexity index is 799. The number of benzene rings is 3. The van der Waals surface area contributed by atoms with Gasteiger partial charge in [-0.2, -0.15) is 0 Å². The van der Waals surface area contributed by atoms with Crippen LogP contribution in [0.15, 0.2) is 78.9 Å². The summed E-state index contributed by atoms with van der Waals surface area (Å²) in [5, 5.41) is 9.52. The number of phenolic OH excluding ortho intramolecular Hbond substituents is 1. The topological polar surface area (TPSA) is 20.2 Å². The van der Waals surface area contributed by atoms with Gasteiger partial charge in [0.15, 0.2) is 0 Å². The molecule has 3 aromatic rings. The van der Waals surface area contributed by atoms with E-state index in [1.54, 1.807) is 12.1 Å². The minimum atomic E-state index is -0.0139. The van der Waals surface area contributed by atoms with Gasteiger partial charge in [0.2, 0.25) is 0 Å². The minimum absolute atomic E-state index is 0.0139. The number of aromatic hydroxyl groups is 1. The van der Waals surface area contributed by atoms with Gasteiger partial charge in [-0.05, 0) is 40.8 Å². The van der Waals surface area contributed by atoms with Crippen LogP contribution in [0.25, 0.3) is 0 Å². The second-order valence-electron chi connectivity index (χ2n) is 7.17. The monoisotopic (exact) mass is 330 g/mol. The molecule has 1 heteroatoms. The van der Waals surface area contributed by atoms with Crippen molar-refractivity contribution < 1.29 is 5.11 Å². The first-order valence-electron chi connectivity index (χ1n) is 8.97. The molecule has 1 N–H and O–H groups in total. The van der Waals surface area contributed by atoms with Gasteiger partial charge in [-0.3, -0.25) is 0 Å². The first-order valence-corrected chi connectivity index (χ1v) is 8.97. The third-order valence-corrected chi connectivity index (χ3v) is 5.23. The highest BCUT2D eigenvalue weighted by Crippen LogP contribution is 2.34. The number of rotatable bonds is 5. The van der Waals surface area contributed by atoms with Crippen LogP contribution in [-0.2, 0) is 5.41 Å². The molecule has 0 amide bonds. The van der Waals surface area contributed by atoms with Gasteiger partial charge in [0.25, 0.3) is 0 Å². The average Bonchev–Trinajstić information content (AvgIpc) is 2.65. The molecule has 0 aromatic heterocycles. The van der Waals surface area contributed by atoms with E-state index in [2.05, 4.69) is 75.4 Å². The van der Waals surface area contributed by atoms with Crippen LogP contribution in [0.2, 0.25) is 0 Å². The van der Waals surface area contributed by atoms with Crippen LogP contribution in [0.4, 0.5) is 0 Å². The van der Waals surface area contributed by atoms with Crippen LogP contribution in [0.1, 0.15) is 55.4 Å². The van der Waals surface area contributed by atoms with Crippen LogP contribution < -0.4 is 0 Å². The standard InChI is InChI=1S/C24H26O/c1-4-23(19-12-16-22(25)17-13-19)18-10-14-21(15-11-18)24(2,3)20-8-6-5-7-9-20/h5-17,23,25H,4H2,1-3H3. The Kier molecular flexibility index (Phi) is 4.94. The average molecular weight is 330 g/mol. The normalized spacial score (nSPS) is 12.8. The highest BCUT2D eigenvalue weighted by Gasteiger charge is 2.23. The van der Waals surface area contributed by atoms with Crippen molar-refractivity contribution in [2.75, 3.05) is 0 Å². The van der Waals surface area contributed by atoms with Crippen molar-refractivity contribution in [3.05, 3.63) is 101 Å². The molecule has 0 saturated carbocycles. The predicted molar refractivity (Wildman–Crippen MR) is 105 cm³/mol. The Hall–Kier alpha value is -2.54. The molecule has 0 bridgehead atoms. The van der Waals surface area contributed by atoms with Gasteiger partial charge in [-0.15, -0.1) is 0 Å². The van der Waals surface area contributed by atoms with Crippen molar-refractivity contribution in [1.82, 2.24) is 0 Å². The van der Waals surface area contributed by atoms with E-state index >= 15 is 0 Å². The van der Waals surface area contributed by atoms with E-state index in [1.165, 1.54) is 22.3 Å². The van der Waals surface area contributed by atoms with Gasteiger partial charge < -0.3 is 5.11 Å². The van der Waals surface area contributed by atoms with Gasteiger partial charge in [0.05, 0.1) is 0 Å². The lowest BCUT2D eigenvalue weighted by Gasteiger charge is -2.27. The maximum absolute atomic E-state index is 9.52. The van der Waals surface area contributed by atoms with Crippen LogP contribution in [0.5, 0.6) is 5.75 Å². The summed E-state index contributed by atoms with van der Waals surface area (Å²) in [6.45, 7) is 6.75. The highest BCUT2D eigenvalue weighted by molar-refractivity contribution is 5.41. The van der Waals surface area contributed by atoms with Crippen molar-refractivity contribution >= 4 is 0 Å². The molecule has 0 heterocycles. The van der Waals surface area contributed by atoms with Crippen molar-refractivity contribution in [3.63, 3.8) is 0 Å². The van der Waals surface area contributed by atoms with Gasteiger partial charge in [0.1, 0.15) is 5.75 Å². The van der Waals surface area contributed by atoms with E-state index in [1.807, 2.05) is 12.1 Å². The molecule has 0 fully saturated rings. The van der Waals surface area contributed by atoms with Crippen molar-refractivity contribution in [1.29, 1.82) is 0 Å². The summed E-state index contributed by atoms with van der Waals surface area (Å²) in [5.41, 5.74) is 5.20. The molecule has 1 unspecified atom stereocenters. The summed E-state index contributed by atoms with van der Waals surface area (Å²) in [4.78, 5) is 0. The van der Waals surface area contributed by atoms with E-state index < -0.39 is 0 Å². The van der Waals surface area contributed by atoms with E-state index in [4.69, 9.17) is 0 Å². The molecule has 1 atom stereocenters. The molecule has 0 aliphatic carbocycles. The van der Waals surface area contributed by atoms with Gasteiger partial charge >= 0.3 is 0 Å². The van der Waals surface area contributed by atoms with E-state index in [-0.39, 0.29) is 5.41 Å². The van der Waals surface area contributed by atoms with Gasteiger partial charge in [-0.25, -0.2) is 0 Å². The second kappa shape index (κ2) is 7.14. The lowest BCUT2D eigenvalue weighted by Crippen LogP contribution is -2.18. The van der Waals surface area contributed by atoms with Crippen molar-refractivity contribution in [2.45, 2.75) is 38.5 Å². The SMILES string of the molecule is CCC(c1ccc(O)cc1)c1ccc(C(C)(C)c2ccccc2)cc1. The molecule has 25 heavy (non-hydrogen) atoms. The molecule has 128 valence electrons. The molecule has 0 saturated heterocycles. The maximum Gasteiger partial charge on any atom is 0.115 e. The summed E-state index contributed by atoms with van der Waals surface area (Å²) in [5.74, 6) is 0.674. The molecular formula is C24H26O. The fourth-order valence-corrected chi connectivity index (χ4v) is 3.52. The van der Waals surface area contributed by atoms with E-state index in [0.717, 1.165) is 6.42 Å². The van der Waals surface area contributed by atoms with Crippen LogP contribution in [0.3, 0.4) is 0 Å². The molecule has 0 spiro atoms. The number of hydrogen-bond donors (Lipinski definition) is 1. The van der Waals surface area contributed by atoms with E-state index in [9.17, 15) is 5.11 Å². The minimum Gasteiger partial charge on any atom is -0.508 e. The fraction of sp³-hybridized carbons (Fsp3) is 0.250. The Labute approximate surface area is 151 Å². The molecule has 0 aliphatic rings. The zero-order valence-corrected chi connectivity index (χ0v) is 15.2. The molecule has 0 radical (unpaired) electrons. The van der Waals surface area contributed by atoms with Crippen LogP contribution in [-0.4, -0.2) is 5.11 Å². The Morgan fingerprint density at radius 2 is 1.20 bits per heavy atom. The number of hydrogen-bond acceptors (Lipinski definition) is 1. The quantitative estimate of drug-likeness (QED) is 0.585. The Balaban J connectivity index is 1.90. The fourth-order valence-electron chi connectivity index (χ4n) is 3.52. The lowest BCUT2D eigenvalue weighted by molar-refractivity contribution is 0.475. The number of phenols is 1. The first-order chi connectivity index (χ1) is 12.0. The van der Waals surface area contributed by atoms with Gasteiger partial charge in [0, 0.05) is 11.3 Å². The van der Waals surface area contributed by atoms with Crippen LogP contribution >= 0.6 is 0 Å². The van der Waals surface area contributed by atoms with Crippen LogP contribution in [0, 0.1) is 0 Å². The third kappa shape index (κ3) is 3.61. The molecule has 3 aromatic carbocycles. The summed E-state index contributed by atoms with van der Waals surface area (Å²) in [6, 6.07) is 27.2. The van der Waals surface area contributed by atoms with Gasteiger partial charge in [-0.1, -0.05) is 87.5 Å². The second-order valence-corrected chi connectivity index (χ2v) is 7.17. The molecular weight excluding hydrogens is 304 g/mol. The Morgan fingerprint density at radius 3 is 1.72 bits per heavy atom. The zero-order valence-electron chi connectivity index (χ0n) is 15.2. The largest absolute Gasteiger partial charge is 0.508 e. The first kappa shape index (κ1) is 17.3. The maximum atomic E-state index is 9.52. The zero-order chi connectivity index (χ0) is 17.9. The molecule has 0 aliphatic heterocycles. The van der Waals surface area contributed by atoms with Crippen molar-refractivity contribution in [2.24, 2.45) is 0 Å². The summed E-state index contributed by atoms with van der Waals surface area (Å²) < 4.78 is 0. The lowest BCUT2D eigenvalue weighted by atomic mass is 9.77. The summed E-state index contributed by atoms with van der Waals surface area (Å²) in [6.07, 6.45) is 1.03. The van der Waals surface area contributed by atoms with Crippen molar-refractivity contribution in [3.8, 4) is 5.75 Å². The molecule has 3 rings (SSSR count). The third-order valence-electron chi connectivity index (χ3n) is 5.23. The van der Waals surface area contributed by atoms with E-state index in [0.29, 0.717) is 11.7 Å². The summed E-state index contributed by atoms with van der Waals surface area (Å²) >= 11 is 0. The molecule has 1 nitrogen and oxygen atoms in total. The summed E-state index contributed by atoms with van der Waals surface area (Å²) in [7, 11) is 0.